The molecule has 3 heterocycles. The van der Waals surface area contributed by atoms with E-state index < -0.39 is 17.6 Å². The van der Waals surface area contributed by atoms with Gasteiger partial charge in [0.1, 0.15) is 23.7 Å². The number of carbonyl (C=O) groups is 2. The van der Waals surface area contributed by atoms with Gasteiger partial charge in [-0.3, -0.25) is 14.6 Å². The van der Waals surface area contributed by atoms with Gasteiger partial charge in [0.05, 0.1) is 5.92 Å². The van der Waals surface area contributed by atoms with Crippen LogP contribution in [0.5, 0.6) is 0 Å². The lowest BCUT2D eigenvalue weighted by molar-refractivity contribution is -0.136. The number of rotatable bonds is 7. The third-order valence-corrected chi connectivity index (χ3v) is 10.4. The lowest BCUT2D eigenvalue weighted by Crippen LogP contribution is -2.44. The van der Waals surface area contributed by atoms with E-state index in [1.165, 1.54) is 24.6 Å². The summed E-state index contributed by atoms with van der Waals surface area (Å²) in [6.45, 7) is 10.6. The van der Waals surface area contributed by atoms with Gasteiger partial charge in [-0.1, -0.05) is 12.1 Å². The molecular weight excluding hydrogens is 539 g/mol. The Morgan fingerprint density at radius 1 is 0.929 bits per heavy atom. The fourth-order valence-electron chi connectivity index (χ4n) is 7.65. The standard InChI is InChI=1S/C34H42F3N3O2/c1-34(2,3)40-18-28(25-8-6-23(36)16-31(25)37)29(19-40)33(42)39-13-9-21(10-14-39)24-7-5-22(35)15-26(24)30(20-41)27-17-32(27)38-11-4-12-38/h5-8,15-16,20-21,27-30,32H,4,9-14,17-19H2,1-3H3/t27?,28-,29+,30?,32?/m0/s1. The van der Waals surface area contributed by atoms with Gasteiger partial charge in [0, 0.05) is 55.7 Å². The number of piperidine rings is 1. The number of hydrogen-bond donors (Lipinski definition) is 0. The fourth-order valence-corrected chi connectivity index (χ4v) is 7.65. The third-order valence-electron chi connectivity index (χ3n) is 10.4. The van der Waals surface area contributed by atoms with E-state index in [0.717, 1.165) is 55.8 Å². The molecule has 6 rings (SSSR count). The molecule has 5 nitrogen and oxygen atoms in total. The third kappa shape index (κ3) is 5.64. The first kappa shape index (κ1) is 29.4. The molecule has 4 aliphatic rings. The number of amides is 1. The van der Waals surface area contributed by atoms with Crippen molar-refractivity contribution in [1.29, 1.82) is 0 Å². The maximum absolute atomic E-state index is 14.9. The van der Waals surface area contributed by atoms with Gasteiger partial charge >= 0.3 is 0 Å². The molecule has 2 aromatic rings. The predicted molar refractivity (Wildman–Crippen MR) is 156 cm³/mol. The van der Waals surface area contributed by atoms with Crippen LogP contribution >= 0.6 is 0 Å². The minimum absolute atomic E-state index is 0.00870. The Hall–Kier alpha value is -2.71. The number of benzene rings is 2. The maximum Gasteiger partial charge on any atom is 0.227 e. The number of likely N-dealkylation sites (tertiary alicyclic amines) is 3. The zero-order valence-corrected chi connectivity index (χ0v) is 24.9. The Morgan fingerprint density at radius 3 is 2.19 bits per heavy atom. The van der Waals surface area contributed by atoms with Crippen molar-refractivity contribution in [3.8, 4) is 0 Å². The van der Waals surface area contributed by atoms with E-state index in [1.54, 1.807) is 6.07 Å². The summed E-state index contributed by atoms with van der Waals surface area (Å²) in [7, 11) is 0. The minimum Gasteiger partial charge on any atom is -0.342 e. The zero-order valence-electron chi connectivity index (χ0n) is 24.9. The molecule has 0 bridgehead atoms. The highest BCUT2D eigenvalue weighted by atomic mass is 19.1. The normalized spacial score (nSPS) is 28.0. The average Bonchev–Trinajstić information content (AvgIpc) is 3.52. The van der Waals surface area contributed by atoms with Crippen molar-refractivity contribution < 1.29 is 22.8 Å². The van der Waals surface area contributed by atoms with Gasteiger partial charge in [-0.25, -0.2) is 13.2 Å². The molecule has 3 aliphatic heterocycles. The molecule has 8 heteroatoms. The highest BCUT2D eigenvalue weighted by Crippen LogP contribution is 2.49. The first-order chi connectivity index (χ1) is 20.0. The molecule has 4 fully saturated rings. The molecular formula is C34H42F3N3O2. The largest absolute Gasteiger partial charge is 0.342 e. The molecule has 0 N–H and O–H groups in total. The van der Waals surface area contributed by atoms with Gasteiger partial charge in [-0.05, 0) is 106 Å². The summed E-state index contributed by atoms with van der Waals surface area (Å²) < 4.78 is 43.1. The van der Waals surface area contributed by atoms with Crippen LogP contribution in [0.4, 0.5) is 13.2 Å². The van der Waals surface area contributed by atoms with Gasteiger partial charge < -0.3 is 9.69 Å². The van der Waals surface area contributed by atoms with E-state index in [2.05, 4.69) is 30.6 Å². The lowest BCUT2D eigenvalue weighted by atomic mass is 9.80. The predicted octanol–water partition coefficient (Wildman–Crippen LogP) is 5.70. The van der Waals surface area contributed by atoms with E-state index >= 15 is 0 Å². The first-order valence-corrected chi connectivity index (χ1v) is 15.5. The molecule has 226 valence electrons. The van der Waals surface area contributed by atoms with Gasteiger partial charge in [-0.15, -0.1) is 0 Å². The minimum atomic E-state index is -0.624. The second-order valence-electron chi connectivity index (χ2n) is 13.8. The number of carbonyl (C=O) groups excluding carboxylic acids is 2. The number of halogens is 3. The summed E-state index contributed by atoms with van der Waals surface area (Å²) >= 11 is 0. The van der Waals surface area contributed by atoms with Gasteiger partial charge in [0.15, 0.2) is 0 Å². The van der Waals surface area contributed by atoms with Crippen LogP contribution in [-0.2, 0) is 9.59 Å². The smallest absolute Gasteiger partial charge is 0.227 e. The molecule has 1 aliphatic carbocycles. The van der Waals surface area contributed by atoms with Crippen LogP contribution in [0.25, 0.3) is 0 Å². The van der Waals surface area contributed by atoms with Gasteiger partial charge in [0.25, 0.3) is 0 Å². The monoisotopic (exact) mass is 581 g/mol. The second-order valence-corrected chi connectivity index (χ2v) is 13.8. The Morgan fingerprint density at radius 2 is 1.60 bits per heavy atom. The Bertz CT molecular complexity index is 1330. The van der Waals surface area contributed by atoms with Crippen LogP contribution in [0.2, 0.25) is 0 Å². The Labute approximate surface area is 247 Å². The van der Waals surface area contributed by atoms with Crippen LogP contribution in [0.15, 0.2) is 36.4 Å². The Kier molecular flexibility index (Phi) is 7.98. The quantitative estimate of drug-likeness (QED) is 0.394. The van der Waals surface area contributed by atoms with Crippen LogP contribution in [-0.4, -0.2) is 77.7 Å². The van der Waals surface area contributed by atoms with Crippen molar-refractivity contribution in [2.75, 3.05) is 39.3 Å². The summed E-state index contributed by atoms with van der Waals surface area (Å²) in [4.78, 5) is 32.9. The van der Waals surface area contributed by atoms with Crippen molar-refractivity contribution in [3.05, 3.63) is 70.5 Å². The number of aldehydes is 1. The van der Waals surface area contributed by atoms with E-state index in [1.807, 2.05) is 11.0 Å². The fraction of sp³-hybridized carbons (Fsp3) is 0.588. The molecule has 1 amide bonds. The summed E-state index contributed by atoms with van der Waals surface area (Å²) in [6.07, 6.45) is 4.64. The topological polar surface area (TPSA) is 43.9 Å². The second kappa shape index (κ2) is 11.4. The summed E-state index contributed by atoms with van der Waals surface area (Å²) in [5, 5.41) is 0. The molecule has 0 spiro atoms. The van der Waals surface area contributed by atoms with Crippen LogP contribution in [0.1, 0.15) is 80.9 Å². The summed E-state index contributed by atoms with van der Waals surface area (Å²) in [5.41, 5.74) is 2.04. The van der Waals surface area contributed by atoms with E-state index in [9.17, 15) is 22.8 Å². The molecule has 0 aromatic heterocycles. The maximum atomic E-state index is 14.9. The molecule has 5 atom stereocenters. The van der Waals surface area contributed by atoms with Crippen molar-refractivity contribution in [1.82, 2.24) is 14.7 Å². The van der Waals surface area contributed by atoms with Crippen LogP contribution < -0.4 is 0 Å². The number of hydrogen-bond acceptors (Lipinski definition) is 4. The molecule has 2 aromatic carbocycles. The number of nitrogens with zero attached hydrogens (tertiary/aromatic N) is 3. The van der Waals surface area contributed by atoms with Crippen molar-refractivity contribution in [3.63, 3.8) is 0 Å². The zero-order chi connectivity index (χ0) is 29.8. The van der Waals surface area contributed by atoms with Gasteiger partial charge in [-0.2, -0.15) is 0 Å². The SMILES string of the molecule is CC(C)(C)N1C[C@@H](C(=O)N2CCC(c3ccc(F)cc3C(C=O)C3CC3N3CCC3)CC2)[C@H](c2ccc(F)cc2F)C1. The average molecular weight is 582 g/mol. The van der Waals surface area contributed by atoms with Crippen molar-refractivity contribution in [2.45, 2.75) is 75.8 Å². The molecule has 1 saturated carbocycles. The van der Waals surface area contributed by atoms with E-state index in [-0.39, 0.29) is 40.9 Å². The summed E-state index contributed by atoms with van der Waals surface area (Å²) in [5.74, 6) is -2.26. The van der Waals surface area contributed by atoms with Crippen LogP contribution in [0.3, 0.4) is 0 Å². The summed E-state index contributed by atoms with van der Waals surface area (Å²) in [6, 6.07) is 8.96. The molecule has 42 heavy (non-hydrogen) atoms. The lowest BCUT2D eigenvalue weighted by Gasteiger charge is -2.36. The highest BCUT2D eigenvalue weighted by Gasteiger charge is 2.49. The van der Waals surface area contributed by atoms with E-state index in [4.69, 9.17) is 0 Å². The molecule has 0 radical (unpaired) electrons. The van der Waals surface area contributed by atoms with Gasteiger partial charge in [0.2, 0.25) is 5.91 Å². The Balaban J connectivity index is 1.17. The first-order valence-electron chi connectivity index (χ1n) is 15.5. The van der Waals surface area contributed by atoms with E-state index in [0.29, 0.717) is 37.8 Å². The van der Waals surface area contributed by atoms with Crippen LogP contribution in [0, 0.1) is 29.3 Å². The van der Waals surface area contributed by atoms with Crippen molar-refractivity contribution >= 4 is 12.2 Å². The molecule has 3 unspecified atom stereocenters. The van der Waals surface area contributed by atoms with Crippen molar-refractivity contribution in [2.24, 2.45) is 11.8 Å². The highest BCUT2D eigenvalue weighted by molar-refractivity contribution is 5.81. The molecule has 3 saturated heterocycles.